The smallest absolute Gasteiger partial charge is 0.317 e. The number of carbonyl (C=O) groups is 2. The molecule has 21 heavy (non-hydrogen) atoms. The van der Waals surface area contributed by atoms with Crippen molar-refractivity contribution in [3.8, 4) is 0 Å². The molecule has 1 aromatic rings. The standard InChI is InChI=1S/C16H24N2O3/c1-3-18(12-14-7-5-4-6-8-14)16(21)17-11-13(2)9-10-15(19)20/h4-8,13H,3,9-12H2,1-2H3,(H,17,21)(H,19,20). The van der Waals surface area contributed by atoms with Crippen LogP contribution in [0.1, 0.15) is 32.3 Å². The summed E-state index contributed by atoms with van der Waals surface area (Å²) in [7, 11) is 0. The Bertz CT molecular complexity index is 448. The van der Waals surface area contributed by atoms with Gasteiger partial charge in [-0.15, -0.1) is 0 Å². The first-order valence-corrected chi connectivity index (χ1v) is 7.31. The maximum Gasteiger partial charge on any atom is 0.317 e. The fourth-order valence-electron chi connectivity index (χ4n) is 1.98. The predicted molar refractivity (Wildman–Crippen MR) is 82.0 cm³/mol. The highest BCUT2D eigenvalue weighted by Gasteiger charge is 2.13. The predicted octanol–water partition coefficient (Wildman–Crippen LogP) is 2.72. The Morgan fingerprint density at radius 3 is 2.52 bits per heavy atom. The first-order valence-electron chi connectivity index (χ1n) is 7.31. The molecule has 0 spiro atoms. The van der Waals surface area contributed by atoms with Crippen molar-refractivity contribution in [1.82, 2.24) is 10.2 Å². The van der Waals surface area contributed by atoms with Crippen LogP contribution in [0, 0.1) is 5.92 Å². The molecule has 0 fully saturated rings. The zero-order valence-corrected chi connectivity index (χ0v) is 12.7. The molecule has 1 atom stereocenters. The summed E-state index contributed by atoms with van der Waals surface area (Å²) in [5.74, 6) is -0.645. The molecule has 0 aliphatic heterocycles. The van der Waals surface area contributed by atoms with E-state index in [-0.39, 0.29) is 18.4 Å². The molecule has 0 saturated heterocycles. The number of carboxylic acid groups (broad SMARTS) is 1. The minimum absolute atomic E-state index is 0.108. The second kappa shape index (κ2) is 9.00. The second-order valence-corrected chi connectivity index (χ2v) is 5.22. The van der Waals surface area contributed by atoms with Crippen LogP contribution in [0.15, 0.2) is 30.3 Å². The van der Waals surface area contributed by atoms with Crippen molar-refractivity contribution < 1.29 is 14.7 Å². The molecule has 0 aromatic heterocycles. The Morgan fingerprint density at radius 1 is 1.29 bits per heavy atom. The summed E-state index contributed by atoms with van der Waals surface area (Å²) in [6, 6.07) is 9.73. The van der Waals surface area contributed by atoms with Gasteiger partial charge in [0.2, 0.25) is 0 Å². The van der Waals surface area contributed by atoms with E-state index in [2.05, 4.69) is 5.32 Å². The number of rotatable bonds is 8. The molecule has 1 rings (SSSR count). The van der Waals surface area contributed by atoms with Gasteiger partial charge in [-0.05, 0) is 24.8 Å². The molecule has 5 heteroatoms. The summed E-state index contributed by atoms with van der Waals surface area (Å²) in [5.41, 5.74) is 1.09. The van der Waals surface area contributed by atoms with Crippen LogP contribution in [0.3, 0.4) is 0 Å². The van der Waals surface area contributed by atoms with Crippen LogP contribution in [0.5, 0.6) is 0 Å². The maximum absolute atomic E-state index is 12.1. The van der Waals surface area contributed by atoms with Gasteiger partial charge in [0, 0.05) is 26.1 Å². The van der Waals surface area contributed by atoms with Crippen LogP contribution in [0.2, 0.25) is 0 Å². The van der Waals surface area contributed by atoms with Gasteiger partial charge in [-0.25, -0.2) is 4.79 Å². The van der Waals surface area contributed by atoms with Crippen molar-refractivity contribution >= 4 is 12.0 Å². The molecular formula is C16H24N2O3. The third-order valence-electron chi connectivity index (χ3n) is 3.34. The Labute approximate surface area is 126 Å². The largest absolute Gasteiger partial charge is 0.481 e. The minimum atomic E-state index is -0.799. The number of amides is 2. The summed E-state index contributed by atoms with van der Waals surface area (Å²) >= 11 is 0. The molecule has 0 heterocycles. The lowest BCUT2D eigenvalue weighted by Gasteiger charge is -2.22. The van der Waals surface area contributed by atoms with E-state index in [1.807, 2.05) is 44.2 Å². The van der Waals surface area contributed by atoms with E-state index in [0.717, 1.165) is 5.56 Å². The van der Waals surface area contributed by atoms with Crippen LogP contribution in [-0.4, -0.2) is 35.1 Å². The quantitative estimate of drug-likeness (QED) is 0.774. The number of aliphatic carboxylic acids is 1. The zero-order chi connectivity index (χ0) is 15.7. The van der Waals surface area contributed by atoms with Gasteiger partial charge in [-0.1, -0.05) is 37.3 Å². The van der Waals surface area contributed by atoms with Crippen LogP contribution in [0.4, 0.5) is 4.79 Å². The molecule has 2 N–H and O–H groups in total. The van der Waals surface area contributed by atoms with Crippen molar-refractivity contribution in [2.24, 2.45) is 5.92 Å². The molecular weight excluding hydrogens is 268 g/mol. The lowest BCUT2D eigenvalue weighted by atomic mass is 10.1. The minimum Gasteiger partial charge on any atom is -0.481 e. The van der Waals surface area contributed by atoms with Crippen molar-refractivity contribution in [1.29, 1.82) is 0 Å². The Balaban J connectivity index is 2.39. The fourth-order valence-corrected chi connectivity index (χ4v) is 1.98. The monoisotopic (exact) mass is 292 g/mol. The van der Waals surface area contributed by atoms with Gasteiger partial charge in [-0.2, -0.15) is 0 Å². The summed E-state index contributed by atoms with van der Waals surface area (Å²) in [4.78, 5) is 24.4. The lowest BCUT2D eigenvalue weighted by Crippen LogP contribution is -2.41. The van der Waals surface area contributed by atoms with Gasteiger partial charge >= 0.3 is 12.0 Å². The molecule has 0 aliphatic rings. The number of benzene rings is 1. The summed E-state index contributed by atoms with van der Waals surface area (Å²) in [6.07, 6.45) is 0.707. The molecule has 1 unspecified atom stereocenters. The number of urea groups is 1. The van der Waals surface area contributed by atoms with E-state index in [4.69, 9.17) is 5.11 Å². The van der Waals surface area contributed by atoms with Crippen LogP contribution in [0.25, 0.3) is 0 Å². The number of hydrogen-bond donors (Lipinski definition) is 2. The highest BCUT2D eigenvalue weighted by atomic mass is 16.4. The van der Waals surface area contributed by atoms with Crippen molar-refractivity contribution in [2.75, 3.05) is 13.1 Å². The Kier molecular flexibility index (Phi) is 7.29. The van der Waals surface area contributed by atoms with E-state index in [0.29, 0.717) is 26.1 Å². The van der Waals surface area contributed by atoms with Crippen LogP contribution >= 0.6 is 0 Å². The average molecular weight is 292 g/mol. The van der Waals surface area contributed by atoms with Gasteiger partial charge < -0.3 is 15.3 Å². The van der Waals surface area contributed by atoms with Crippen molar-refractivity contribution in [3.63, 3.8) is 0 Å². The van der Waals surface area contributed by atoms with E-state index in [1.54, 1.807) is 4.90 Å². The van der Waals surface area contributed by atoms with Crippen LogP contribution in [-0.2, 0) is 11.3 Å². The van der Waals surface area contributed by atoms with Gasteiger partial charge in [0.25, 0.3) is 0 Å². The number of hydrogen-bond acceptors (Lipinski definition) is 2. The lowest BCUT2D eigenvalue weighted by molar-refractivity contribution is -0.137. The van der Waals surface area contributed by atoms with Crippen LogP contribution < -0.4 is 5.32 Å². The SMILES string of the molecule is CCN(Cc1ccccc1)C(=O)NCC(C)CCC(=O)O. The Morgan fingerprint density at radius 2 is 1.95 bits per heavy atom. The highest BCUT2D eigenvalue weighted by Crippen LogP contribution is 2.06. The number of nitrogens with zero attached hydrogens (tertiary/aromatic N) is 1. The summed E-state index contributed by atoms with van der Waals surface area (Å²) in [6.45, 7) is 5.58. The number of nitrogens with one attached hydrogen (secondary N) is 1. The van der Waals surface area contributed by atoms with E-state index in [1.165, 1.54) is 0 Å². The third kappa shape index (κ3) is 6.79. The molecule has 2 amide bonds. The Hall–Kier alpha value is -2.04. The van der Waals surface area contributed by atoms with Gasteiger partial charge in [-0.3, -0.25) is 4.79 Å². The molecule has 0 aliphatic carbocycles. The number of carbonyl (C=O) groups excluding carboxylic acids is 1. The van der Waals surface area contributed by atoms with E-state index >= 15 is 0 Å². The molecule has 5 nitrogen and oxygen atoms in total. The zero-order valence-electron chi connectivity index (χ0n) is 12.7. The van der Waals surface area contributed by atoms with Crippen molar-refractivity contribution in [3.05, 3.63) is 35.9 Å². The molecule has 0 saturated carbocycles. The van der Waals surface area contributed by atoms with Gasteiger partial charge in [0.1, 0.15) is 0 Å². The normalized spacial score (nSPS) is 11.7. The molecule has 0 bridgehead atoms. The summed E-state index contributed by atoms with van der Waals surface area (Å²) < 4.78 is 0. The maximum atomic E-state index is 12.1. The highest BCUT2D eigenvalue weighted by molar-refractivity contribution is 5.74. The summed E-state index contributed by atoms with van der Waals surface area (Å²) in [5, 5.41) is 11.5. The second-order valence-electron chi connectivity index (χ2n) is 5.22. The average Bonchev–Trinajstić information content (AvgIpc) is 2.49. The first-order chi connectivity index (χ1) is 10.0. The third-order valence-corrected chi connectivity index (χ3v) is 3.34. The molecule has 116 valence electrons. The number of carboxylic acids is 1. The van der Waals surface area contributed by atoms with E-state index < -0.39 is 5.97 Å². The first kappa shape index (κ1) is 17.0. The molecule has 1 aromatic carbocycles. The molecule has 0 radical (unpaired) electrons. The topological polar surface area (TPSA) is 69.6 Å². The van der Waals surface area contributed by atoms with Gasteiger partial charge in [0.05, 0.1) is 0 Å². The van der Waals surface area contributed by atoms with Gasteiger partial charge in [0.15, 0.2) is 0 Å². The van der Waals surface area contributed by atoms with Crippen molar-refractivity contribution in [2.45, 2.75) is 33.2 Å². The fraction of sp³-hybridized carbons (Fsp3) is 0.500. The van der Waals surface area contributed by atoms with E-state index in [9.17, 15) is 9.59 Å².